The maximum atomic E-state index is 12.7. The van der Waals surface area contributed by atoms with Gasteiger partial charge in [-0.2, -0.15) is 0 Å². The third-order valence-electron chi connectivity index (χ3n) is 3.72. The molecule has 1 amide bonds. The lowest BCUT2D eigenvalue weighted by atomic mass is 10.1. The van der Waals surface area contributed by atoms with Crippen molar-refractivity contribution in [1.29, 1.82) is 0 Å². The smallest absolute Gasteiger partial charge is 0.256 e. The fraction of sp³-hybridized carbons (Fsp3) is 0.400. The highest BCUT2D eigenvalue weighted by atomic mass is 32.2. The van der Waals surface area contributed by atoms with Gasteiger partial charge in [0.25, 0.3) is 5.91 Å². The normalized spacial score (nSPS) is 26.9. The van der Waals surface area contributed by atoms with Gasteiger partial charge in [-0.05, 0) is 31.1 Å². The Hall–Kier alpha value is -1.66. The molecule has 5 nitrogen and oxygen atoms in total. The van der Waals surface area contributed by atoms with E-state index in [1.807, 2.05) is 30.3 Å². The number of carbonyl (C=O) groups excluding carboxylic acids is 1. The fourth-order valence-corrected chi connectivity index (χ4v) is 3.99. The Bertz CT molecular complexity index is 648. The van der Waals surface area contributed by atoms with E-state index in [0.29, 0.717) is 18.7 Å². The molecule has 1 saturated heterocycles. The summed E-state index contributed by atoms with van der Waals surface area (Å²) in [5.74, 6) is -0.231. The predicted molar refractivity (Wildman–Crippen MR) is 79.6 cm³/mol. The number of hydrogen-bond donors (Lipinski definition) is 0. The van der Waals surface area contributed by atoms with Crippen molar-refractivity contribution in [3.8, 4) is 0 Å². The first-order chi connectivity index (χ1) is 10.1. The van der Waals surface area contributed by atoms with Crippen LogP contribution in [0, 0.1) is 0 Å². The molecule has 1 fully saturated rings. The first-order valence-electron chi connectivity index (χ1n) is 6.97. The van der Waals surface area contributed by atoms with Crippen LogP contribution in [0.4, 0.5) is 5.69 Å². The van der Waals surface area contributed by atoms with Crippen LogP contribution in [-0.2, 0) is 19.4 Å². The highest BCUT2D eigenvalue weighted by Crippen LogP contribution is 2.26. The molecule has 2 aliphatic rings. The van der Waals surface area contributed by atoms with E-state index in [1.54, 1.807) is 11.0 Å². The molecule has 3 rings (SSSR count). The molecule has 2 heterocycles. The predicted octanol–water partition coefficient (Wildman–Crippen LogP) is 1.51. The molecule has 0 spiro atoms. The Kier molecular flexibility index (Phi) is 3.82. The van der Waals surface area contributed by atoms with Crippen molar-refractivity contribution in [1.82, 2.24) is 0 Å². The van der Waals surface area contributed by atoms with E-state index in [2.05, 4.69) is 0 Å². The number of benzene rings is 1. The van der Waals surface area contributed by atoms with Crippen LogP contribution < -0.4 is 4.90 Å². The van der Waals surface area contributed by atoms with E-state index in [-0.39, 0.29) is 11.7 Å². The highest BCUT2D eigenvalue weighted by Gasteiger charge is 2.36. The second-order valence-electron chi connectivity index (χ2n) is 5.27. The zero-order valence-electron chi connectivity index (χ0n) is 11.5. The number of nitrogens with zero attached hydrogens (tertiary/aromatic N) is 1. The van der Waals surface area contributed by atoms with Crippen molar-refractivity contribution in [3.63, 3.8) is 0 Å². The largest absolute Gasteiger partial charge is 0.368 e. The Balaban J connectivity index is 1.92. The van der Waals surface area contributed by atoms with Crippen LogP contribution in [0.2, 0.25) is 0 Å². The highest BCUT2D eigenvalue weighted by molar-refractivity contribution is 7.94. The second kappa shape index (κ2) is 5.61. The SMILES string of the molecule is O=C(C1CCCO1)N(c1ccccc1)C1C=CS(=O)(=O)C1. The van der Waals surface area contributed by atoms with Crippen LogP contribution in [0.5, 0.6) is 0 Å². The molecule has 6 heteroatoms. The molecule has 1 aromatic rings. The van der Waals surface area contributed by atoms with E-state index < -0.39 is 22.0 Å². The maximum Gasteiger partial charge on any atom is 0.256 e. The number of para-hydroxylation sites is 1. The molecule has 0 bridgehead atoms. The van der Waals surface area contributed by atoms with Crippen molar-refractivity contribution in [3.05, 3.63) is 41.8 Å². The van der Waals surface area contributed by atoms with Crippen molar-refractivity contribution >= 4 is 21.4 Å². The summed E-state index contributed by atoms with van der Waals surface area (Å²) < 4.78 is 28.8. The average Bonchev–Trinajstić information content (AvgIpc) is 3.10. The lowest BCUT2D eigenvalue weighted by Crippen LogP contribution is -2.46. The van der Waals surface area contributed by atoms with Gasteiger partial charge >= 0.3 is 0 Å². The van der Waals surface area contributed by atoms with Gasteiger partial charge in [0.15, 0.2) is 9.84 Å². The van der Waals surface area contributed by atoms with Gasteiger partial charge in [-0.3, -0.25) is 4.79 Å². The third kappa shape index (κ3) is 3.01. The first-order valence-corrected chi connectivity index (χ1v) is 8.69. The molecule has 0 saturated carbocycles. The maximum absolute atomic E-state index is 12.7. The number of anilines is 1. The summed E-state index contributed by atoms with van der Waals surface area (Å²) in [4.78, 5) is 14.3. The summed E-state index contributed by atoms with van der Waals surface area (Å²) in [5, 5.41) is 1.19. The summed E-state index contributed by atoms with van der Waals surface area (Å²) in [6.45, 7) is 0.581. The summed E-state index contributed by atoms with van der Waals surface area (Å²) in [5.41, 5.74) is 0.699. The molecule has 0 aliphatic carbocycles. The van der Waals surface area contributed by atoms with Gasteiger partial charge in [-0.15, -0.1) is 0 Å². The van der Waals surface area contributed by atoms with Crippen molar-refractivity contribution in [2.75, 3.05) is 17.3 Å². The Labute approximate surface area is 124 Å². The summed E-state index contributed by atoms with van der Waals surface area (Å²) in [6.07, 6.45) is 2.65. The van der Waals surface area contributed by atoms with Crippen LogP contribution in [0.15, 0.2) is 41.8 Å². The first kappa shape index (κ1) is 14.3. The van der Waals surface area contributed by atoms with Crippen molar-refractivity contribution in [2.45, 2.75) is 25.0 Å². The third-order valence-corrected chi connectivity index (χ3v) is 5.10. The molecular formula is C15H17NO4S. The van der Waals surface area contributed by atoms with Gasteiger partial charge in [-0.1, -0.05) is 18.2 Å². The Morgan fingerprint density at radius 3 is 2.57 bits per heavy atom. The number of ether oxygens (including phenoxy) is 1. The van der Waals surface area contributed by atoms with Gasteiger partial charge in [0, 0.05) is 17.7 Å². The summed E-state index contributed by atoms with van der Waals surface area (Å²) in [7, 11) is -3.22. The van der Waals surface area contributed by atoms with Crippen LogP contribution in [0.25, 0.3) is 0 Å². The van der Waals surface area contributed by atoms with Crippen molar-refractivity contribution < 1.29 is 17.9 Å². The monoisotopic (exact) mass is 307 g/mol. The molecule has 1 aromatic carbocycles. The molecule has 0 aromatic heterocycles. The topological polar surface area (TPSA) is 63.7 Å². The van der Waals surface area contributed by atoms with Crippen LogP contribution >= 0.6 is 0 Å². The van der Waals surface area contributed by atoms with Gasteiger partial charge in [-0.25, -0.2) is 8.42 Å². The number of carbonyl (C=O) groups is 1. The average molecular weight is 307 g/mol. The second-order valence-corrected chi connectivity index (χ2v) is 7.20. The molecule has 2 atom stereocenters. The zero-order chi connectivity index (χ0) is 14.9. The van der Waals surface area contributed by atoms with Crippen molar-refractivity contribution in [2.24, 2.45) is 0 Å². The number of hydrogen-bond acceptors (Lipinski definition) is 4. The van der Waals surface area contributed by atoms with E-state index in [0.717, 1.165) is 6.42 Å². The minimum atomic E-state index is -3.22. The molecule has 0 radical (unpaired) electrons. The molecule has 21 heavy (non-hydrogen) atoms. The van der Waals surface area contributed by atoms with Crippen LogP contribution in [0.1, 0.15) is 12.8 Å². The van der Waals surface area contributed by atoms with Gasteiger partial charge in [0.05, 0.1) is 11.8 Å². The van der Waals surface area contributed by atoms with E-state index >= 15 is 0 Å². The minimum absolute atomic E-state index is 0.0691. The lowest BCUT2D eigenvalue weighted by molar-refractivity contribution is -0.127. The van der Waals surface area contributed by atoms with Gasteiger partial charge in [0.1, 0.15) is 6.10 Å². The zero-order valence-corrected chi connectivity index (χ0v) is 12.3. The fourth-order valence-electron chi connectivity index (χ4n) is 2.72. The van der Waals surface area contributed by atoms with Crippen LogP contribution in [-0.4, -0.2) is 38.8 Å². The van der Waals surface area contributed by atoms with Gasteiger partial charge in [0.2, 0.25) is 0 Å². The van der Waals surface area contributed by atoms with E-state index in [1.165, 1.54) is 5.41 Å². The number of amides is 1. The molecule has 0 N–H and O–H groups in total. The Morgan fingerprint density at radius 1 is 1.24 bits per heavy atom. The molecule has 2 aliphatic heterocycles. The van der Waals surface area contributed by atoms with E-state index in [9.17, 15) is 13.2 Å². The summed E-state index contributed by atoms with van der Waals surface area (Å²) in [6, 6.07) is 8.68. The Morgan fingerprint density at radius 2 is 2.00 bits per heavy atom. The quantitative estimate of drug-likeness (QED) is 0.849. The lowest BCUT2D eigenvalue weighted by Gasteiger charge is -2.29. The molecule has 112 valence electrons. The number of sulfone groups is 1. The minimum Gasteiger partial charge on any atom is -0.368 e. The molecule has 2 unspecified atom stereocenters. The number of rotatable bonds is 3. The molecular weight excluding hydrogens is 290 g/mol. The summed E-state index contributed by atoms with van der Waals surface area (Å²) >= 11 is 0. The van der Waals surface area contributed by atoms with Crippen LogP contribution in [0.3, 0.4) is 0 Å². The van der Waals surface area contributed by atoms with E-state index in [4.69, 9.17) is 4.74 Å². The van der Waals surface area contributed by atoms with Gasteiger partial charge < -0.3 is 9.64 Å². The standard InChI is InChI=1S/C15H17NO4S/c17-15(14-7-4-9-20-14)16(12-5-2-1-3-6-12)13-8-10-21(18,19)11-13/h1-3,5-6,8,10,13-14H,4,7,9,11H2.